The zero-order chi connectivity index (χ0) is 17.8. The number of hydrogen-bond donors (Lipinski definition) is 2. The van der Waals surface area contributed by atoms with Crippen LogP contribution in [-0.2, 0) is 9.59 Å². The van der Waals surface area contributed by atoms with Crippen molar-refractivity contribution in [2.24, 2.45) is 11.7 Å². The number of hydrogen-bond acceptors (Lipinski definition) is 4. The largest absolute Gasteiger partial charge is 0.492 e. The van der Waals surface area contributed by atoms with Crippen LogP contribution in [0.4, 0.5) is 5.69 Å². The monoisotopic (exact) mass is 345 g/mol. The summed E-state index contributed by atoms with van der Waals surface area (Å²) in [4.78, 5) is 26.7. The topological polar surface area (TPSA) is 84.7 Å². The van der Waals surface area contributed by atoms with Crippen LogP contribution in [0.5, 0.6) is 5.75 Å². The smallest absolute Gasteiger partial charge is 0.227 e. The van der Waals surface area contributed by atoms with Gasteiger partial charge in [-0.1, -0.05) is 12.1 Å². The van der Waals surface area contributed by atoms with Gasteiger partial charge in [0.25, 0.3) is 0 Å². The lowest BCUT2D eigenvalue weighted by atomic mass is 9.91. The van der Waals surface area contributed by atoms with Gasteiger partial charge in [0.05, 0.1) is 18.2 Å². The van der Waals surface area contributed by atoms with Gasteiger partial charge >= 0.3 is 0 Å². The molecule has 2 aliphatic rings. The highest BCUT2D eigenvalue weighted by Gasteiger charge is 2.37. The van der Waals surface area contributed by atoms with Crippen LogP contribution in [0.1, 0.15) is 39.0 Å². The summed E-state index contributed by atoms with van der Waals surface area (Å²) in [6, 6.07) is 7.92. The van der Waals surface area contributed by atoms with Crippen LogP contribution >= 0.6 is 0 Å². The molecule has 1 aliphatic carbocycles. The molecule has 2 fully saturated rings. The summed E-state index contributed by atoms with van der Waals surface area (Å²) in [5.41, 5.74) is 6.66. The van der Waals surface area contributed by atoms with Crippen LogP contribution in [0.3, 0.4) is 0 Å². The number of ether oxygens (including phenoxy) is 1. The predicted molar refractivity (Wildman–Crippen MR) is 96.4 cm³/mol. The van der Waals surface area contributed by atoms with Crippen molar-refractivity contribution in [3.05, 3.63) is 24.3 Å². The summed E-state index contributed by atoms with van der Waals surface area (Å²) in [6.45, 7) is 2.85. The molecule has 0 radical (unpaired) electrons. The molecule has 1 atom stereocenters. The first-order valence-electron chi connectivity index (χ1n) is 9.16. The summed E-state index contributed by atoms with van der Waals surface area (Å²) in [5, 5.41) is 3.11. The minimum absolute atomic E-state index is 0.0230. The third-order valence-corrected chi connectivity index (χ3v) is 5.07. The fourth-order valence-electron chi connectivity index (χ4n) is 3.66. The fourth-order valence-corrected chi connectivity index (χ4v) is 3.66. The number of rotatable bonds is 5. The molecule has 1 aromatic rings. The van der Waals surface area contributed by atoms with Gasteiger partial charge in [-0.25, -0.2) is 0 Å². The average Bonchev–Trinajstić information content (AvgIpc) is 2.99. The van der Waals surface area contributed by atoms with Crippen LogP contribution in [0.15, 0.2) is 24.3 Å². The van der Waals surface area contributed by atoms with Crippen molar-refractivity contribution in [3.63, 3.8) is 0 Å². The van der Waals surface area contributed by atoms with Crippen LogP contribution < -0.4 is 20.7 Å². The van der Waals surface area contributed by atoms with E-state index < -0.39 is 0 Å². The van der Waals surface area contributed by atoms with Crippen LogP contribution in [-0.4, -0.2) is 37.0 Å². The number of carbonyl (C=O) groups is 2. The molecule has 3 N–H and O–H groups in total. The lowest BCUT2D eigenvalue weighted by Crippen LogP contribution is -2.43. The standard InChI is InChI=1S/C19H27N3O3/c1-2-25-17-6-4-3-5-16(17)22-12-13(11-18(22)23)19(24)21-15-9-7-14(20)8-10-15/h3-6,13-15H,2,7-12,20H2,1H3,(H,21,24). The van der Waals surface area contributed by atoms with Crippen molar-refractivity contribution in [2.75, 3.05) is 18.1 Å². The Hall–Kier alpha value is -2.08. The Morgan fingerprint density at radius 2 is 2.00 bits per heavy atom. The first-order chi connectivity index (χ1) is 12.1. The van der Waals surface area contributed by atoms with Crippen LogP contribution in [0.2, 0.25) is 0 Å². The van der Waals surface area contributed by atoms with E-state index in [1.165, 1.54) is 0 Å². The summed E-state index contributed by atoms with van der Waals surface area (Å²) >= 11 is 0. The molecule has 1 aromatic carbocycles. The maximum Gasteiger partial charge on any atom is 0.227 e. The molecule has 1 unspecified atom stereocenters. The molecule has 136 valence electrons. The van der Waals surface area contributed by atoms with Gasteiger partial charge in [-0.2, -0.15) is 0 Å². The Balaban J connectivity index is 1.63. The molecule has 0 bridgehead atoms. The highest BCUT2D eigenvalue weighted by molar-refractivity contribution is 6.01. The van der Waals surface area contributed by atoms with Gasteiger partial charge in [-0.3, -0.25) is 9.59 Å². The first-order valence-corrected chi connectivity index (χ1v) is 9.16. The van der Waals surface area contributed by atoms with E-state index in [-0.39, 0.29) is 36.2 Å². The van der Waals surface area contributed by atoms with Gasteiger partial charge in [0, 0.05) is 25.0 Å². The van der Waals surface area contributed by atoms with Gasteiger partial charge in [-0.05, 0) is 44.7 Å². The highest BCUT2D eigenvalue weighted by Crippen LogP contribution is 2.33. The Morgan fingerprint density at radius 3 is 2.72 bits per heavy atom. The fraction of sp³-hybridized carbons (Fsp3) is 0.579. The van der Waals surface area contributed by atoms with Gasteiger partial charge in [-0.15, -0.1) is 0 Å². The Bertz CT molecular complexity index is 626. The predicted octanol–water partition coefficient (Wildman–Crippen LogP) is 1.82. The second-order valence-electron chi connectivity index (χ2n) is 6.93. The molecule has 6 heteroatoms. The van der Waals surface area contributed by atoms with Crippen molar-refractivity contribution in [1.82, 2.24) is 5.32 Å². The van der Waals surface area contributed by atoms with E-state index in [9.17, 15) is 9.59 Å². The SMILES string of the molecule is CCOc1ccccc1N1CC(C(=O)NC2CCC(N)CC2)CC1=O. The zero-order valence-electron chi connectivity index (χ0n) is 14.7. The lowest BCUT2D eigenvalue weighted by Gasteiger charge is -2.27. The number of amides is 2. The van der Waals surface area contributed by atoms with E-state index >= 15 is 0 Å². The Kier molecular flexibility index (Phi) is 5.58. The number of benzene rings is 1. The number of nitrogens with two attached hydrogens (primary N) is 1. The zero-order valence-corrected chi connectivity index (χ0v) is 14.7. The number of para-hydroxylation sites is 2. The summed E-state index contributed by atoms with van der Waals surface area (Å²) in [7, 11) is 0. The molecule has 25 heavy (non-hydrogen) atoms. The quantitative estimate of drug-likeness (QED) is 0.852. The average molecular weight is 345 g/mol. The van der Waals surface area contributed by atoms with Crippen molar-refractivity contribution in [3.8, 4) is 5.75 Å². The Labute approximate surface area is 148 Å². The van der Waals surface area contributed by atoms with E-state index in [0.717, 1.165) is 31.4 Å². The van der Waals surface area contributed by atoms with E-state index in [1.807, 2.05) is 31.2 Å². The number of nitrogens with zero attached hydrogens (tertiary/aromatic N) is 1. The molecule has 1 aliphatic heterocycles. The summed E-state index contributed by atoms with van der Waals surface area (Å²) < 4.78 is 5.62. The molecule has 1 heterocycles. The van der Waals surface area contributed by atoms with Crippen molar-refractivity contribution >= 4 is 17.5 Å². The normalized spacial score (nSPS) is 26.6. The molecule has 1 saturated heterocycles. The first kappa shape index (κ1) is 17.7. The van der Waals surface area contributed by atoms with E-state index in [0.29, 0.717) is 18.9 Å². The van der Waals surface area contributed by atoms with Gasteiger partial charge in [0.2, 0.25) is 11.8 Å². The molecule has 3 rings (SSSR count). The van der Waals surface area contributed by atoms with Gasteiger partial charge < -0.3 is 20.7 Å². The van der Waals surface area contributed by atoms with Crippen LogP contribution in [0, 0.1) is 5.92 Å². The minimum Gasteiger partial charge on any atom is -0.492 e. The van der Waals surface area contributed by atoms with Gasteiger partial charge in [0.15, 0.2) is 0 Å². The molecule has 2 amide bonds. The number of nitrogens with one attached hydrogen (secondary N) is 1. The maximum absolute atomic E-state index is 12.6. The van der Waals surface area contributed by atoms with Crippen molar-refractivity contribution < 1.29 is 14.3 Å². The van der Waals surface area contributed by atoms with Crippen molar-refractivity contribution in [1.29, 1.82) is 0 Å². The van der Waals surface area contributed by atoms with Crippen LogP contribution in [0.25, 0.3) is 0 Å². The third kappa shape index (κ3) is 4.12. The van der Waals surface area contributed by atoms with Crippen molar-refractivity contribution in [2.45, 2.75) is 51.1 Å². The summed E-state index contributed by atoms with van der Waals surface area (Å²) in [6.07, 6.45) is 3.98. The molecule has 1 saturated carbocycles. The maximum atomic E-state index is 12.6. The van der Waals surface area contributed by atoms with E-state index in [1.54, 1.807) is 4.90 Å². The lowest BCUT2D eigenvalue weighted by molar-refractivity contribution is -0.127. The molecule has 6 nitrogen and oxygen atoms in total. The second-order valence-corrected chi connectivity index (χ2v) is 6.93. The second kappa shape index (κ2) is 7.87. The minimum atomic E-state index is -0.308. The third-order valence-electron chi connectivity index (χ3n) is 5.07. The molecule has 0 aromatic heterocycles. The number of carbonyl (C=O) groups excluding carboxylic acids is 2. The summed E-state index contributed by atoms with van der Waals surface area (Å²) in [5.74, 6) is 0.321. The molecular weight excluding hydrogens is 318 g/mol. The number of anilines is 1. The van der Waals surface area contributed by atoms with Gasteiger partial charge in [0.1, 0.15) is 5.75 Å². The molecular formula is C19H27N3O3. The van der Waals surface area contributed by atoms with E-state index in [4.69, 9.17) is 10.5 Å². The Morgan fingerprint density at radius 1 is 1.28 bits per heavy atom. The van der Waals surface area contributed by atoms with E-state index in [2.05, 4.69) is 5.32 Å². The highest BCUT2D eigenvalue weighted by atomic mass is 16.5. The molecule has 0 spiro atoms.